The highest BCUT2D eigenvalue weighted by molar-refractivity contribution is 7.91. The fourth-order valence-corrected chi connectivity index (χ4v) is 5.02. The fraction of sp³-hybridized carbons (Fsp3) is 0.400. The van der Waals surface area contributed by atoms with Gasteiger partial charge in [0.05, 0.1) is 23.7 Å². The van der Waals surface area contributed by atoms with E-state index in [2.05, 4.69) is 0 Å². The second kappa shape index (κ2) is 9.23. The Kier molecular flexibility index (Phi) is 6.71. The average molecular weight is 420 g/mol. The number of benzene rings is 1. The van der Waals surface area contributed by atoms with Gasteiger partial charge in [0.15, 0.2) is 16.4 Å². The predicted octanol–water partition coefficient (Wildman–Crippen LogP) is 1.30. The summed E-state index contributed by atoms with van der Waals surface area (Å²) in [6, 6.07) is 10.2. The zero-order chi connectivity index (χ0) is 20.9. The summed E-state index contributed by atoms with van der Waals surface area (Å²) in [5, 5.41) is 0. The average Bonchev–Trinajstić information content (AvgIpc) is 3.36. The van der Waals surface area contributed by atoms with E-state index in [9.17, 15) is 18.0 Å². The third kappa shape index (κ3) is 5.45. The first-order valence-electron chi connectivity index (χ1n) is 9.29. The second-order valence-corrected chi connectivity index (χ2v) is 9.08. The standard InChI is InChI=1S/C20H24N2O6S/c1-27-12-11-22(18-8-13-29(25,26)15-18)19(23)14-28-20(24)16-4-6-17(7-5-16)21-9-2-3-10-21/h2-7,9-10,18H,8,11-15H2,1H3/t18-/m1/s1. The van der Waals surface area contributed by atoms with Crippen molar-refractivity contribution in [3.05, 3.63) is 54.4 Å². The molecular weight excluding hydrogens is 396 g/mol. The molecule has 1 atom stereocenters. The Morgan fingerprint density at radius 2 is 1.86 bits per heavy atom. The molecule has 1 fully saturated rings. The topological polar surface area (TPSA) is 94.9 Å². The van der Waals surface area contributed by atoms with Crippen molar-refractivity contribution in [3.63, 3.8) is 0 Å². The zero-order valence-corrected chi connectivity index (χ0v) is 17.0. The maximum Gasteiger partial charge on any atom is 0.338 e. The van der Waals surface area contributed by atoms with E-state index in [1.165, 1.54) is 12.0 Å². The molecule has 156 valence electrons. The number of rotatable bonds is 8. The molecule has 0 N–H and O–H groups in total. The van der Waals surface area contributed by atoms with Gasteiger partial charge in [0.2, 0.25) is 0 Å². The van der Waals surface area contributed by atoms with Crippen LogP contribution in [-0.2, 0) is 24.1 Å². The third-order valence-electron chi connectivity index (χ3n) is 4.84. The molecule has 9 heteroatoms. The molecule has 1 aliphatic heterocycles. The van der Waals surface area contributed by atoms with Crippen molar-refractivity contribution in [2.75, 3.05) is 38.4 Å². The highest BCUT2D eigenvalue weighted by Crippen LogP contribution is 2.18. The largest absolute Gasteiger partial charge is 0.452 e. The quantitative estimate of drug-likeness (QED) is 0.598. The maximum absolute atomic E-state index is 12.6. The molecule has 1 amide bonds. The molecule has 1 aromatic carbocycles. The summed E-state index contributed by atoms with van der Waals surface area (Å²) in [6.07, 6.45) is 4.17. The van der Waals surface area contributed by atoms with Gasteiger partial charge in [-0.1, -0.05) is 0 Å². The lowest BCUT2D eigenvalue weighted by molar-refractivity contribution is -0.137. The Morgan fingerprint density at radius 3 is 2.45 bits per heavy atom. The molecule has 0 radical (unpaired) electrons. The number of esters is 1. The van der Waals surface area contributed by atoms with E-state index in [-0.39, 0.29) is 24.7 Å². The SMILES string of the molecule is COCCN(C(=O)COC(=O)c1ccc(-n2cccc2)cc1)[C@@H]1CCS(=O)(=O)C1. The Balaban J connectivity index is 1.59. The Morgan fingerprint density at radius 1 is 1.17 bits per heavy atom. The predicted molar refractivity (Wildman–Crippen MR) is 107 cm³/mol. The van der Waals surface area contributed by atoms with Crippen LogP contribution in [0.3, 0.4) is 0 Å². The summed E-state index contributed by atoms with van der Waals surface area (Å²) in [5.74, 6) is -1.05. The van der Waals surface area contributed by atoms with Crippen LogP contribution in [0.5, 0.6) is 0 Å². The molecule has 1 aliphatic rings. The molecule has 0 bridgehead atoms. The van der Waals surface area contributed by atoms with Crippen LogP contribution in [0.2, 0.25) is 0 Å². The van der Waals surface area contributed by atoms with Crippen molar-refractivity contribution in [1.29, 1.82) is 0 Å². The summed E-state index contributed by atoms with van der Waals surface area (Å²) in [5.41, 5.74) is 1.23. The number of nitrogens with zero attached hydrogens (tertiary/aromatic N) is 2. The molecule has 1 aromatic heterocycles. The number of methoxy groups -OCH3 is 1. The normalized spacial score (nSPS) is 17.8. The van der Waals surface area contributed by atoms with Crippen LogP contribution in [0.15, 0.2) is 48.8 Å². The molecule has 3 rings (SSSR count). The lowest BCUT2D eigenvalue weighted by atomic mass is 10.2. The Hall–Kier alpha value is -2.65. The number of carbonyl (C=O) groups is 2. The van der Waals surface area contributed by atoms with E-state index < -0.39 is 34.4 Å². The van der Waals surface area contributed by atoms with Gasteiger partial charge < -0.3 is 18.9 Å². The number of aromatic nitrogens is 1. The molecule has 29 heavy (non-hydrogen) atoms. The van der Waals surface area contributed by atoms with E-state index in [1.54, 1.807) is 24.3 Å². The van der Waals surface area contributed by atoms with Gasteiger partial charge in [0.25, 0.3) is 5.91 Å². The number of hydrogen-bond donors (Lipinski definition) is 0. The van der Waals surface area contributed by atoms with Crippen LogP contribution >= 0.6 is 0 Å². The number of amides is 1. The van der Waals surface area contributed by atoms with Gasteiger partial charge in [-0.2, -0.15) is 0 Å². The van der Waals surface area contributed by atoms with E-state index in [1.807, 2.05) is 29.1 Å². The van der Waals surface area contributed by atoms with Crippen molar-refractivity contribution in [2.45, 2.75) is 12.5 Å². The molecule has 2 aromatic rings. The van der Waals surface area contributed by atoms with Crippen LogP contribution in [0, 0.1) is 0 Å². The molecule has 2 heterocycles. The van der Waals surface area contributed by atoms with Crippen LogP contribution in [0.25, 0.3) is 5.69 Å². The van der Waals surface area contributed by atoms with Gasteiger partial charge in [-0.3, -0.25) is 4.79 Å². The summed E-state index contributed by atoms with van der Waals surface area (Å²) < 4.78 is 35.6. The third-order valence-corrected chi connectivity index (χ3v) is 6.59. The number of sulfone groups is 1. The highest BCUT2D eigenvalue weighted by atomic mass is 32.2. The molecule has 8 nitrogen and oxygen atoms in total. The van der Waals surface area contributed by atoms with Crippen LogP contribution in [-0.4, -0.2) is 74.2 Å². The molecule has 1 saturated heterocycles. The summed E-state index contributed by atoms with van der Waals surface area (Å²) in [6.45, 7) is 0.0776. The van der Waals surface area contributed by atoms with Crippen LogP contribution in [0.1, 0.15) is 16.8 Å². The van der Waals surface area contributed by atoms with Crippen molar-refractivity contribution in [3.8, 4) is 5.69 Å². The van der Waals surface area contributed by atoms with Crippen molar-refractivity contribution in [2.24, 2.45) is 0 Å². The number of ether oxygens (including phenoxy) is 2. The Bertz CT molecular complexity index is 938. The monoisotopic (exact) mass is 420 g/mol. The van der Waals surface area contributed by atoms with Gasteiger partial charge in [-0.25, -0.2) is 13.2 Å². The van der Waals surface area contributed by atoms with E-state index in [0.29, 0.717) is 12.0 Å². The minimum Gasteiger partial charge on any atom is -0.452 e. The fourth-order valence-electron chi connectivity index (χ4n) is 3.29. The lowest BCUT2D eigenvalue weighted by Gasteiger charge is -2.27. The smallest absolute Gasteiger partial charge is 0.338 e. The zero-order valence-electron chi connectivity index (χ0n) is 16.2. The first-order valence-corrected chi connectivity index (χ1v) is 11.1. The van der Waals surface area contributed by atoms with Gasteiger partial charge in [-0.15, -0.1) is 0 Å². The second-order valence-electron chi connectivity index (χ2n) is 6.85. The van der Waals surface area contributed by atoms with E-state index in [0.717, 1.165) is 5.69 Å². The molecule has 0 aliphatic carbocycles. The molecule has 0 unspecified atom stereocenters. The van der Waals surface area contributed by atoms with Crippen LogP contribution < -0.4 is 0 Å². The maximum atomic E-state index is 12.6. The van der Waals surface area contributed by atoms with Gasteiger partial charge in [-0.05, 0) is 42.8 Å². The minimum atomic E-state index is -3.14. The van der Waals surface area contributed by atoms with Gasteiger partial charge in [0.1, 0.15) is 0 Å². The Labute approximate surface area is 169 Å². The van der Waals surface area contributed by atoms with E-state index >= 15 is 0 Å². The highest BCUT2D eigenvalue weighted by Gasteiger charge is 2.34. The minimum absolute atomic E-state index is 0.0575. The van der Waals surface area contributed by atoms with Gasteiger partial charge in [0, 0.05) is 37.8 Å². The molecule has 0 spiro atoms. The van der Waals surface area contributed by atoms with Crippen LogP contribution in [0.4, 0.5) is 0 Å². The van der Waals surface area contributed by atoms with E-state index in [4.69, 9.17) is 9.47 Å². The van der Waals surface area contributed by atoms with Crippen molar-refractivity contribution >= 4 is 21.7 Å². The molecular formula is C20H24N2O6S. The number of hydrogen-bond acceptors (Lipinski definition) is 6. The number of carbonyl (C=O) groups excluding carboxylic acids is 2. The molecule has 0 saturated carbocycles. The summed E-state index contributed by atoms with van der Waals surface area (Å²) in [7, 11) is -1.64. The first-order chi connectivity index (χ1) is 13.9. The van der Waals surface area contributed by atoms with Crippen molar-refractivity contribution < 1.29 is 27.5 Å². The lowest BCUT2D eigenvalue weighted by Crippen LogP contribution is -2.45. The summed E-state index contributed by atoms with van der Waals surface area (Å²) >= 11 is 0. The first kappa shape index (κ1) is 21.1. The van der Waals surface area contributed by atoms with Gasteiger partial charge >= 0.3 is 5.97 Å². The summed E-state index contributed by atoms with van der Waals surface area (Å²) in [4.78, 5) is 26.3. The van der Waals surface area contributed by atoms with Crippen molar-refractivity contribution in [1.82, 2.24) is 9.47 Å².